The molecule has 2 saturated heterocycles. The number of piperidine rings is 1. The van der Waals surface area contributed by atoms with Gasteiger partial charge in [0.15, 0.2) is 0 Å². The fraction of sp³-hybridized carbons (Fsp3) is 0.353. The number of nitrogens with one attached hydrogen (secondary N) is 3. The standard InChI is InChI=1S/C17H19N5O3/c18-16(24)15-11-8-22(6-5-13(11)20-21-15)17(25)10-7-14(23)19-12-4-2-1-3-9(10)12/h1-4,7,11,13,15,20-21H,5-6,8H2,(H2,18,24)(H,19,23). The molecule has 2 fully saturated rings. The molecule has 3 unspecified atom stereocenters. The van der Waals surface area contributed by atoms with Gasteiger partial charge in [-0.15, -0.1) is 0 Å². The fourth-order valence-corrected chi connectivity index (χ4v) is 3.82. The van der Waals surface area contributed by atoms with E-state index in [0.717, 1.165) is 0 Å². The van der Waals surface area contributed by atoms with Crippen LogP contribution in [-0.4, -0.2) is 46.9 Å². The highest BCUT2D eigenvalue weighted by molar-refractivity contribution is 6.06. The molecule has 0 spiro atoms. The summed E-state index contributed by atoms with van der Waals surface area (Å²) < 4.78 is 0. The molecule has 5 N–H and O–H groups in total. The molecule has 2 aliphatic heterocycles. The number of aromatic amines is 1. The first-order chi connectivity index (χ1) is 12.0. The number of hydrogen-bond donors (Lipinski definition) is 4. The average Bonchev–Trinajstić information content (AvgIpc) is 3.03. The fourth-order valence-electron chi connectivity index (χ4n) is 3.82. The minimum Gasteiger partial charge on any atom is -0.368 e. The van der Waals surface area contributed by atoms with E-state index in [1.165, 1.54) is 6.07 Å². The Bertz CT molecular complexity index is 909. The zero-order chi connectivity index (χ0) is 17.6. The van der Waals surface area contributed by atoms with E-state index in [9.17, 15) is 14.4 Å². The number of hydrogen-bond acceptors (Lipinski definition) is 5. The predicted octanol–water partition coefficient (Wildman–Crippen LogP) is -0.679. The van der Waals surface area contributed by atoms with Crippen LogP contribution in [0.2, 0.25) is 0 Å². The Morgan fingerprint density at radius 2 is 2.00 bits per heavy atom. The van der Waals surface area contributed by atoms with Gasteiger partial charge in [0.1, 0.15) is 6.04 Å². The molecule has 8 nitrogen and oxygen atoms in total. The third kappa shape index (κ3) is 2.69. The number of carbonyl (C=O) groups excluding carboxylic acids is 2. The monoisotopic (exact) mass is 341 g/mol. The summed E-state index contributed by atoms with van der Waals surface area (Å²) in [5, 5.41) is 0.711. The number of likely N-dealkylation sites (tertiary alicyclic amines) is 1. The minimum atomic E-state index is -0.503. The van der Waals surface area contributed by atoms with Crippen molar-refractivity contribution in [2.45, 2.75) is 18.5 Å². The van der Waals surface area contributed by atoms with Crippen LogP contribution in [0.25, 0.3) is 10.9 Å². The summed E-state index contributed by atoms with van der Waals surface area (Å²) in [6.45, 7) is 0.972. The number of para-hydroxylation sites is 1. The number of pyridine rings is 1. The van der Waals surface area contributed by atoms with Crippen molar-refractivity contribution >= 4 is 22.7 Å². The molecular weight excluding hydrogens is 322 g/mol. The number of nitrogens with two attached hydrogens (primary N) is 1. The van der Waals surface area contributed by atoms with Crippen molar-refractivity contribution < 1.29 is 9.59 Å². The molecule has 4 rings (SSSR count). The molecule has 2 amide bonds. The molecule has 0 bridgehead atoms. The molecule has 3 heterocycles. The van der Waals surface area contributed by atoms with Crippen molar-refractivity contribution in [1.29, 1.82) is 0 Å². The van der Waals surface area contributed by atoms with Crippen LogP contribution < -0.4 is 22.1 Å². The average molecular weight is 341 g/mol. The van der Waals surface area contributed by atoms with Crippen LogP contribution in [0.15, 0.2) is 35.1 Å². The molecular formula is C17H19N5O3. The summed E-state index contributed by atoms with van der Waals surface area (Å²) in [5.74, 6) is -0.713. The minimum absolute atomic E-state index is 0.0801. The van der Waals surface area contributed by atoms with Crippen LogP contribution in [0.3, 0.4) is 0 Å². The van der Waals surface area contributed by atoms with E-state index >= 15 is 0 Å². The number of carbonyl (C=O) groups is 2. The SMILES string of the molecule is NC(=O)C1NNC2CCN(C(=O)c3cc(=O)[nH]c4ccccc34)CC21. The third-order valence-electron chi connectivity index (χ3n) is 5.09. The summed E-state index contributed by atoms with van der Waals surface area (Å²) in [7, 11) is 0. The van der Waals surface area contributed by atoms with Gasteiger partial charge in [-0.25, -0.2) is 5.43 Å². The Morgan fingerprint density at radius 1 is 1.20 bits per heavy atom. The first-order valence-corrected chi connectivity index (χ1v) is 8.26. The van der Waals surface area contributed by atoms with Crippen LogP contribution in [-0.2, 0) is 4.79 Å². The van der Waals surface area contributed by atoms with Gasteiger partial charge in [-0.05, 0) is 12.5 Å². The maximum atomic E-state index is 13.0. The van der Waals surface area contributed by atoms with Crippen LogP contribution in [0.1, 0.15) is 16.8 Å². The van der Waals surface area contributed by atoms with Crippen molar-refractivity contribution in [2.24, 2.45) is 11.7 Å². The smallest absolute Gasteiger partial charge is 0.254 e. The summed E-state index contributed by atoms with van der Waals surface area (Å²) >= 11 is 0. The number of H-pyrrole nitrogens is 1. The van der Waals surface area contributed by atoms with E-state index in [0.29, 0.717) is 36.0 Å². The Morgan fingerprint density at radius 3 is 2.80 bits per heavy atom. The number of amides is 2. The van der Waals surface area contributed by atoms with Gasteiger partial charge in [0.25, 0.3) is 5.91 Å². The summed E-state index contributed by atoms with van der Waals surface area (Å²) in [6, 6.07) is 8.18. The Kier molecular flexibility index (Phi) is 3.78. The van der Waals surface area contributed by atoms with Crippen LogP contribution >= 0.6 is 0 Å². The first-order valence-electron chi connectivity index (χ1n) is 8.26. The van der Waals surface area contributed by atoms with Crippen LogP contribution in [0.4, 0.5) is 0 Å². The molecule has 1 aromatic heterocycles. The zero-order valence-electron chi connectivity index (χ0n) is 13.5. The summed E-state index contributed by atoms with van der Waals surface area (Å²) in [6.07, 6.45) is 0.717. The lowest BCUT2D eigenvalue weighted by Crippen LogP contribution is -2.51. The molecule has 0 saturated carbocycles. The highest BCUT2D eigenvalue weighted by atomic mass is 16.2. The third-order valence-corrected chi connectivity index (χ3v) is 5.09. The summed E-state index contributed by atoms with van der Waals surface area (Å²) in [4.78, 5) is 41.0. The summed E-state index contributed by atoms with van der Waals surface area (Å²) in [5.41, 5.74) is 12.1. The van der Waals surface area contributed by atoms with E-state index in [4.69, 9.17) is 5.73 Å². The van der Waals surface area contributed by atoms with Crippen LogP contribution in [0, 0.1) is 5.92 Å². The largest absolute Gasteiger partial charge is 0.368 e. The predicted molar refractivity (Wildman–Crippen MR) is 91.6 cm³/mol. The van der Waals surface area contributed by atoms with Gasteiger partial charge in [-0.1, -0.05) is 18.2 Å². The van der Waals surface area contributed by atoms with Gasteiger partial charge in [0, 0.05) is 42.0 Å². The molecule has 25 heavy (non-hydrogen) atoms. The van der Waals surface area contributed by atoms with Gasteiger partial charge < -0.3 is 15.6 Å². The van der Waals surface area contributed by atoms with E-state index < -0.39 is 11.9 Å². The highest BCUT2D eigenvalue weighted by Crippen LogP contribution is 2.26. The zero-order valence-corrected chi connectivity index (χ0v) is 13.5. The van der Waals surface area contributed by atoms with E-state index in [1.807, 2.05) is 18.2 Å². The molecule has 130 valence electrons. The second-order valence-corrected chi connectivity index (χ2v) is 6.57. The van der Waals surface area contributed by atoms with E-state index in [1.54, 1.807) is 11.0 Å². The quantitative estimate of drug-likeness (QED) is 0.577. The lowest BCUT2D eigenvalue weighted by molar-refractivity contribution is -0.120. The number of hydrazine groups is 1. The second kappa shape index (κ2) is 5.98. The second-order valence-electron chi connectivity index (χ2n) is 6.57. The number of fused-ring (bicyclic) bond motifs is 2. The molecule has 0 aliphatic carbocycles. The highest BCUT2D eigenvalue weighted by Gasteiger charge is 2.43. The Balaban J connectivity index is 1.66. The number of rotatable bonds is 2. The number of aromatic nitrogens is 1. The molecule has 3 atom stereocenters. The maximum absolute atomic E-state index is 13.0. The number of primary amides is 1. The lowest BCUT2D eigenvalue weighted by Gasteiger charge is -2.35. The van der Waals surface area contributed by atoms with Gasteiger partial charge >= 0.3 is 0 Å². The molecule has 0 radical (unpaired) electrons. The van der Waals surface area contributed by atoms with Gasteiger partial charge in [0.05, 0.1) is 5.56 Å². The Hall–Kier alpha value is -2.71. The molecule has 8 heteroatoms. The van der Waals surface area contributed by atoms with Crippen molar-refractivity contribution in [1.82, 2.24) is 20.7 Å². The Labute approximate surface area is 143 Å². The van der Waals surface area contributed by atoms with Gasteiger partial charge in [0.2, 0.25) is 11.5 Å². The van der Waals surface area contributed by atoms with Crippen molar-refractivity contribution in [2.75, 3.05) is 13.1 Å². The van der Waals surface area contributed by atoms with Crippen molar-refractivity contribution in [3.8, 4) is 0 Å². The van der Waals surface area contributed by atoms with Crippen molar-refractivity contribution in [3.05, 3.63) is 46.2 Å². The lowest BCUT2D eigenvalue weighted by atomic mass is 9.87. The van der Waals surface area contributed by atoms with E-state index in [-0.39, 0.29) is 23.4 Å². The topological polar surface area (TPSA) is 120 Å². The normalized spacial score (nSPS) is 25.8. The van der Waals surface area contributed by atoms with E-state index in [2.05, 4.69) is 15.8 Å². The van der Waals surface area contributed by atoms with Crippen LogP contribution in [0.5, 0.6) is 0 Å². The maximum Gasteiger partial charge on any atom is 0.254 e. The van der Waals surface area contributed by atoms with Gasteiger partial charge in [-0.2, -0.15) is 0 Å². The number of benzene rings is 1. The van der Waals surface area contributed by atoms with Crippen molar-refractivity contribution in [3.63, 3.8) is 0 Å². The van der Waals surface area contributed by atoms with Gasteiger partial charge in [-0.3, -0.25) is 19.8 Å². The molecule has 2 aromatic rings. The molecule has 2 aliphatic rings. The number of nitrogens with zero attached hydrogens (tertiary/aromatic N) is 1. The molecule has 1 aromatic carbocycles. The first kappa shape index (κ1) is 15.8.